The summed E-state index contributed by atoms with van der Waals surface area (Å²) in [5.74, 6) is 0. The molecule has 6 heteroatoms. The summed E-state index contributed by atoms with van der Waals surface area (Å²) in [5, 5.41) is 9.27. The van der Waals surface area contributed by atoms with Crippen molar-refractivity contribution in [2.24, 2.45) is 0 Å². The number of hydrogen-bond acceptors (Lipinski definition) is 1. The number of nitrogens with one attached hydrogen (secondary N) is 1. The van der Waals surface area contributed by atoms with Gasteiger partial charge >= 0.3 is 6.18 Å². The molecule has 2 rings (SSSR count). The normalized spacial score (nSPS) is 11.7. The quantitative estimate of drug-likeness (QED) is 0.754. The van der Waals surface area contributed by atoms with Crippen molar-refractivity contribution in [3.05, 3.63) is 34.5 Å². The maximum Gasteiger partial charge on any atom is 0.432 e. The molecule has 0 unspecified atom stereocenters. The highest BCUT2D eigenvalue weighted by Crippen LogP contribution is 2.35. The van der Waals surface area contributed by atoms with E-state index >= 15 is 0 Å². The number of nitriles is 1. The Balaban J connectivity index is 2.83. The van der Waals surface area contributed by atoms with Crippen LogP contribution in [0.4, 0.5) is 13.2 Å². The van der Waals surface area contributed by atoms with Crippen molar-refractivity contribution in [2.75, 3.05) is 0 Å². The Hall–Kier alpha value is -1.67. The van der Waals surface area contributed by atoms with Gasteiger partial charge in [-0.3, -0.25) is 0 Å². The van der Waals surface area contributed by atoms with Crippen molar-refractivity contribution in [1.29, 1.82) is 5.26 Å². The van der Waals surface area contributed by atoms with Crippen molar-refractivity contribution >= 4 is 22.5 Å². The minimum atomic E-state index is -4.57. The molecule has 0 amide bonds. The van der Waals surface area contributed by atoms with E-state index in [0.717, 1.165) is 0 Å². The maximum atomic E-state index is 12.6. The zero-order chi connectivity index (χ0) is 11.9. The second kappa shape index (κ2) is 3.42. The smallest absolute Gasteiger partial charge is 0.350 e. The molecule has 0 aliphatic carbocycles. The average Bonchev–Trinajstić information content (AvgIpc) is 2.54. The molecule has 82 valence electrons. The number of halogens is 4. The van der Waals surface area contributed by atoms with E-state index in [1.165, 1.54) is 18.2 Å². The van der Waals surface area contributed by atoms with Gasteiger partial charge < -0.3 is 4.98 Å². The summed E-state index contributed by atoms with van der Waals surface area (Å²) in [6, 6.07) is 5.74. The van der Waals surface area contributed by atoms with Gasteiger partial charge in [0.1, 0.15) is 11.8 Å². The van der Waals surface area contributed by atoms with Crippen molar-refractivity contribution in [2.45, 2.75) is 6.18 Å². The predicted molar refractivity (Wildman–Crippen MR) is 53.0 cm³/mol. The van der Waals surface area contributed by atoms with Crippen LogP contribution in [0, 0.1) is 11.3 Å². The van der Waals surface area contributed by atoms with E-state index in [1.807, 2.05) is 0 Å². The molecule has 0 bridgehead atoms. The van der Waals surface area contributed by atoms with E-state index in [9.17, 15) is 13.2 Å². The number of aromatic nitrogens is 1. The first kappa shape index (κ1) is 10.8. The van der Waals surface area contributed by atoms with Crippen LogP contribution in [0.15, 0.2) is 18.2 Å². The van der Waals surface area contributed by atoms with Crippen LogP contribution in [0.3, 0.4) is 0 Å². The molecule has 0 aliphatic rings. The molecule has 0 saturated heterocycles. The van der Waals surface area contributed by atoms with Crippen molar-refractivity contribution < 1.29 is 13.2 Å². The Morgan fingerprint density at radius 2 is 2.00 bits per heavy atom. The summed E-state index contributed by atoms with van der Waals surface area (Å²) in [6.45, 7) is 0. The van der Waals surface area contributed by atoms with Crippen molar-refractivity contribution in [3.63, 3.8) is 0 Å². The van der Waals surface area contributed by atoms with Gasteiger partial charge in [-0.25, -0.2) is 0 Å². The molecule has 0 radical (unpaired) electrons. The van der Waals surface area contributed by atoms with Gasteiger partial charge in [0.25, 0.3) is 0 Å². The van der Waals surface area contributed by atoms with Crippen LogP contribution in [-0.2, 0) is 6.18 Å². The molecule has 16 heavy (non-hydrogen) atoms. The van der Waals surface area contributed by atoms with Crippen LogP contribution in [0.25, 0.3) is 10.9 Å². The molecule has 1 aromatic carbocycles. The van der Waals surface area contributed by atoms with Gasteiger partial charge in [-0.15, -0.1) is 0 Å². The largest absolute Gasteiger partial charge is 0.432 e. The molecule has 0 fully saturated rings. The van der Waals surface area contributed by atoms with Crippen LogP contribution >= 0.6 is 11.6 Å². The van der Waals surface area contributed by atoms with Gasteiger partial charge in [0, 0.05) is 15.9 Å². The lowest BCUT2D eigenvalue weighted by Crippen LogP contribution is -2.07. The molecule has 2 aromatic rings. The van der Waals surface area contributed by atoms with E-state index in [2.05, 4.69) is 4.98 Å². The first-order valence-corrected chi connectivity index (χ1v) is 4.60. The fourth-order valence-electron chi connectivity index (χ4n) is 1.50. The van der Waals surface area contributed by atoms with Gasteiger partial charge in [-0.1, -0.05) is 17.7 Å². The summed E-state index contributed by atoms with van der Waals surface area (Å²) in [4.78, 5) is 2.16. The third-order valence-corrected chi connectivity index (χ3v) is 2.39. The second-order valence-electron chi connectivity index (χ2n) is 3.17. The number of nitrogens with zero attached hydrogens (tertiary/aromatic N) is 1. The summed E-state index contributed by atoms with van der Waals surface area (Å²) >= 11 is 5.65. The lowest BCUT2D eigenvalue weighted by Gasteiger charge is -2.02. The van der Waals surface area contributed by atoms with E-state index < -0.39 is 17.4 Å². The van der Waals surface area contributed by atoms with Crippen molar-refractivity contribution in [3.8, 4) is 6.07 Å². The first-order chi connectivity index (χ1) is 7.43. The van der Waals surface area contributed by atoms with Crippen molar-refractivity contribution in [1.82, 2.24) is 4.98 Å². The maximum absolute atomic E-state index is 12.6. The standard InChI is InChI=1S/C10H4ClF3N2/c11-5-1-2-6-7(4-15)9(10(12,13)14)16-8(6)3-5/h1-3,16H. The Morgan fingerprint density at radius 3 is 2.56 bits per heavy atom. The average molecular weight is 245 g/mol. The Kier molecular flexibility index (Phi) is 2.32. The Labute approximate surface area is 93.2 Å². The number of benzene rings is 1. The van der Waals surface area contributed by atoms with Crippen LogP contribution in [0.1, 0.15) is 11.3 Å². The summed E-state index contributed by atoms with van der Waals surface area (Å²) < 4.78 is 37.7. The molecule has 0 saturated carbocycles. The predicted octanol–water partition coefficient (Wildman–Crippen LogP) is 3.71. The van der Waals surface area contributed by atoms with Gasteiger partial charge in [0.05, 0.1) is 5.56 Å². The Bertz CT molecular complexity index is 592. The molecule has 0 spiro atoms. The second-order valence-corrected chi connectivity index (χ2v) is 3.61. The summed E-state index contributed by atoms with van der Waals surface area (Å²) in [7, 11) is 0. The topological polar surface area (TPSA) is 39.6 Å². The number of aromatic amines is 1. The molecular weight excluding hydrogens is 241 g/mol. The highest BCUT2D eigenvalue weighted by molar-refractivity contribution is 6.31. The van der Waals surface area contributed by atoms with Gasteiger partial charge in [0.15, 0.2) is 0 Å². The fraction of sp³-hybridized carbons (Fsp3) is 0.100. The highest BCUT2D eigenvalue weighted by atomic mass is 35.5. The highest BCUT2D eigenvalue weighted by Gasteiger charge is 2.36. The summed E-state index contributed by atoms with van der Waals surface area (Å²) in [5.41, 5.74) is -1.23. The summed E-state index contributed by atoms with van der Waals surface area (Å²) in [6.07, 6.45) is -4.57. The first-order valence-electron chi connectivity index (χ1n) is 4.22. The van der Waals surface area contributed by atoms with E-state index in [-0.39, 0.29) is 10.9 Å². The zero-order valence-corrected chi connectivity index (χ0v) is 8.45. The fourth-order valence-corrected chi connectivity index (χ4v) is 1.67. The molecule has 0 atom stereocenters. The minimum Gasteiger partial charge on any atom is -0.350 e. The lowest BCUT2D eigenvalue weighted by molar-refractivity contribution is -0.140. The number of H-pyrrole nitrogens is 1. The van der Waals surface area contributed by atoms with E-state index in [4.69, 9.17) is 16.9 Å². The van der Waals surface area contributed by atoms with Gasteiger partial charge in [-0.2, -0.15) is 18.4 Å². The van der Waals surface area contributed by atoms with E-state index in [0.29, 0.717) is 5.02 Å². The lowest BCUT2D eigenvalue weighted by atomic mass is 10.1. The molecule has 2 nitrogen and oxygen atoms in total. The van der Waals surface area contributed by atoms with Crippen LogP contribution < -0.4 is 0 Å². The zero-order valence-electron chi connectivity index (χ0n) is 7.69. The third-order valence-electron chi connectivity index (χ3n) is 2.16. The number of hydrogen-bond donors (Lipinski definition) is 1. The molecule has 1 N–H and O–H groups in total. The number of alkyl halides is 3. The SMILES string of the molecule is N#Cc1c(C(F)(F)F)[nH]c2cc(Cl)ccc12. The third kappa shape index (κ3) is 1.61. The minimum absolute atomic E-state index is 0.205. The molecule has 1 heterocycles. The van der Waals surface area contributed by atoms with E-state index in [1.54, 1.807) is 6.07 Å². The van der Waals surface area contributed by atoms with Crippen LogP contribution in [0.2, 0.25) is 5.02 Å². The van der Waals surface area contributed by atoms with Crippen LogP contribution in [0.5, 0.6) is 0 Å². The van der Waals surface area contributed by atoms with Gasteiger partial charge in [-0.05, 0) is 12.1 Å². The van der Waals surface area contributed by atoms with Crippen LogP contribution in [-0.4, -0.2) is 4.98 Å². The monoisotopic (exact) mass is 244 g/mol. The van der Waals surface area contributed by atoms with Gasteiger partial charge in [0.2, 0.25) is 0 Å². The number of fused-ring (bicyclic) bond motifs is 1. The molecular formula is C10H4ClF3N2. The Morgan fingerprint density at radius 1 is 1.31 bits per heavy atom. The molecule has 1 aromatic heterocycles. The number of rotatable bonds is 0. The molecule has 0 aliphatic heterocycles.